The lowest BCUT2D eigenvalue weighted by atomic mass is 10.3. The molecule has 0 fully saturated rings. The van der Waals surface area contributed by atoms with Crippen molar-refractivity contribution in [3.8, 4) is 0 Å². The molecule has 0 amide bonds. The van der Waals surface area contributed by atoms with Crippen molar-refractivity contribution in [1.82, 2.24) is 4.98 Å². The van der Waals surface area contributed by atoms with E-state index in [9.17, 15) is 18.9 Å². The monoisotopic (exact) mass is 201 g/mol. The Labute approximate surface area is 76.0 Å². The van der Waals surface area contributed by atoms with Crippen molar-refractivity contribution in [2.75, 3.05) is 0 Å². The van der Waals surface area contributed by atoms with Crippen LogP contribution in [0.1, 0.15) is 5.56 Å². The highest BCUT2D eigenvalue weighted by molar-refractivity contribution is 7.78. The number of hydrogen-bond donors (Lipinski definition) is 0. The van der Waals surface area contributed by atoms with Crippen LogP contribution in [-0.2, 0) is 16.8 Å². The Balaban J connectivity index is 2.81. The molecule has 1 aromatic rings. The molecule has 1 heterocycles. The summed E-state index contributed by atoms with van der Waals surface area (Å²) in [4.78, 5) is 13.0. The van der Waals surface area contributed by atoms with E-state index in [4.69, 9.17) is 0 Å². The van der Waals surface area contributed by atoms with Crippen molar-refractivity contribution in [2.24, 2.45) is 0 Å². The van der Waals surface area contributed by atoms with E-state index in [0.29, 0.717) is 5.56 Å². The summed E-state index contributed by atoms with van der Waals surface area (Å²) in [5, 5.41) is 10.2. The van der Waals surface area contributed by atoms with Gasteiger partial charge in [0.15, 0.2) is 0 Å². The Morgan fingerprint density at radius 1 is 1.54 bits per heavy atom. The van der Waals surface area contributed by atoms with Crippen LogP contribution < -0.4 is 0 Å². The summed E-state index contributed by atoms with van der Waals surface area (Å²) >= 11 is -2.19. The fourth-order valence-electron chi connectivity index (χ4n) is 0.746. The van der Waals surface area contributed by atoms with E-state index in [1.165, 1.54) is 18.3 Å². The first-order valence-electron chi connectivity index (χ1n) is 3.25. The molecule has 1 atom stereocenters. The molecule has 0 aliphatic carbocycles. The summed E-state index contributed by atoms with van der Waals surface area (Å²) in [6.45, 7) is 0. The lowest BCUT2D eigenvalue weighted by Crippen LogP contribution is -1.96. The lowest BCUT2D eigenvalue weighted by molar-refractivity contribution is -0.389. The van der Waals surface area contributed by atoms with E-state index in [1.807, 2.05) is 0 Å². The van der Waals surface area contributed by atoms with Crippen molar-refractivity contribution in [1.29, 1.82) is 0 Å². The van der Waals surface area contributed by atoms with Crippen molar-refractivity contribution in [3.05, 3.63) is 34.0 Å². The Bertz CT molecular complexity index is 337. The summed E-state index contributed by atoms with van der Waals surface area (Å²) < 4.78 is 20.5. The van der Waals surface area contributed by atoms with Crippen LogP contribution in [0.25, 0.3) is 0 Å². The van der Waals surface area contributed by atoms with E-state index in [1.54, 1.807) is 0 Å². The van der Waals surface area contributed by atoms with Crippen LogP contribution in [-0.4, -0.2) is 18.7 Å². The summed E-state index contributed by atoms with van der Waals surface area (Å²) in [6, 6.07) is 2.53. The van der Waals surface area contributed by atoms with Crippen molar-refractivity contribution >= 4 is 16.9 Å². The van der Waals surface area contributed by atoms with Gasteiger partial charge in [0.1, 0.15) is 6.20 Å². The highest BCUT2D eigenvalue weighted by Crippen LogP contribution is 2.08. The van der Waals surface area contributed by atoms with Crippen LogP contribution in [0.3, 0.4) is 0 Å². The van der Waals surface area contributed by atoms with Gasteiger partial charge in [0.2, 0.25) is 0 Å². The molecular weight excluding hydrogens is 196 g/mol. The zero-order valence-electron chi connectivity index (χ0n) is 6.37. The summed E-state index contributed by atoms with van der Waals surface area (Å²) in [6.07, 6.45) is 1.17. The van der Waals surface area contributed by atoms with E-state index in [0.717, 1.165) is 0 Å². The predicted molar refractivity (Wildman–Crippen MR) is 43.5 cm³/mol. The number of hydrogen-bond acceptors (Lipinski definition) is 5. The SMILES string of the molecule is O=[N+]([O-])c1ccc(CS(=O)[O-])cn1. The first-order chi connectivity index (χ1) is 6.09. The standard InChI is InChI=1S/C6H6N2O4S/c9-8(10)6-2-1-5(3-7-6)4-13(11)12/h1-3H,4H2,(H,11,12)/p-1. The van der Waals surface area contributed by atoms with Crippen molar-refractivity contribution in [3.63, 3.8) is 0 Å². The summed E-state index contributed by atoms with van der Waals surface area (Å²) in [7, 11) is 0. The van der Waals surface area contributed by atoms with Crippen LogP contribution in [0, 0.1) is 10.1 Å². The molecule has 0 aromatic carbocycles. The fourth-order valence-corrected chi connectivity index (χ4v) is 1.19. The average Bonchev–Trinajstić information content (AvgIpc) is 2.04. The third-order valence-corrected chi connectivity index (χ3v) is 1.85. The molecule has 70 valence electrons. The first kappa shape index (κ1) is 9.75. The van der Waals surface area contributed by atoms with Crippen LogP contribution in [0.5, 0.6) is 0 Å². The van der Waals surface area contributed by atoms with Gasteiger partial charge < -0.3 is 14.7 Å². The van der Waals surface area contributed by atoms with Gasteiger partial charge in [-0.3, -0.25) is 4.21 Å². The van der Waals surface area contributed by atoms with Gasteiger partial charge in [-0.1, -0.05) is 11.1 Å². The van der Waals surface area contributed by atoms with E-state index in [2.05, 4.69) is 4.98 Å². The smallest absolute Gasteiger partial charge is 0.363 e. The Hall–Kier alpha value is -1.34. The molecular formula is C6H5N2O4S-. The Morgan fingerprint density at radius 3 is 2.62 bits per heavy atom. The highest BCUT2D eigenvalue weighted by atomic mass is 32.2. The van der Waals surface area contributed by atoms with E-state index < -0.39 is 16.0 Å². The van der Waals surface area contributed by atoms with Crippen LogP contribution in [0.4, 0.5) is 5.82 Å². The second-order valence-electron chi connectivity index (χ2n) is 2.23. The van der Waals surface area contributed by atoms with E-state index >= 15 is 0 Å². The molecule has 0 radical (unpaired) electrons. The second-order valence-corrected chi connectivity index (χ2v) is 3.13. The molecule has 0 aliphatic rings. The molecule has 1 unspecified atom stereocenters. The number of nitrogens with zero attached hydrogens (tertiary/aromatic N) is 2. The maximum absolute atomic E-state index is 10.2. The Kier molecular flexibility index (Phi) is 3.04. The van der Waals surface area contributed by atoms with Gasteiger partial charge in [-0.05, 0) is 16.0 Å². The predicted octanol–water partition coefficient (Wildman–Crippen LogP) is 0.369. The minimum absolute atomic E-state index is 0.176. The molecule has 0 saturated heterocycles. The van der Waals surface area contributed by atoms with Crippen LogP contribution in [0.15, 0.2) is 18.3 Å². The maximum Gasteiger partial charge on any atom is 0.363 e. The number of nitro groups is 1. The zero-order chi connectivity index (χ0) is 9.84. The van der Waals surface area contributed by atoms with Gasteiger partial charge in [0.05, 0.1) is 0 Å². The molecule has 0 N–H and O–H groups in total. The molecule has 0 aliphatic heterocycles. The molecule has 0 bridgehead atoms. The third kappa shape index (κ3) is 2.88. The van der Waals surface area contributed by atoms with Gasteiger partial charge in [-0.15, -0.1) is 0 Å². The number of pyridine rings is 1. The molecule has 1 rings (SSSR count). The molecule has 7 heteroatoms. The third-order valence-electron chi connectivity index (χ3n) is 1.28. The molecule has 6 nitrogen and oxygen atoms in total. The molecule has 1 aromatic heterocycles. The normalized spacial score (nSPS) is 12.4. The largest absolute Gasteiger partial charge is 0.772 e. The minimum Gasteiger partial charge on any atom is -0.772 e. The topological polar surface area (TPSA) is 96.2 Å². The second kappa shape index (κ2) is 4.06. The molecule has 0 spiro atoms. The van der Waals surface area contributed by atoms with Crippen LogP contribution >= 0.6 is 0 Å². The quantitative estimate of drug-likeness (QED) is 0.400. The fraction of sp³-hybridized carbons (Fsp3) is 0.167. The first-order valence-corrected chi connectivity index (χ1v) is 4.49. The molecule has 0 saturated carbocycles. The lowest BCUT2D eigenvalue weighted by Gasteiger charge is -2.01. The van der Waals surface area contributed by atoms with Gasteiger partial charge in [0.25, 0.3) is 0 Å². The van der Waals surface area contributed by atoms with Gasteiger partial charge in [-0.2, -0.15) is 0 Å². The highest BCUT2D eigenvalue weighted by Gasteiger charge is 2.05. The molecule has 13 heavy (non-hydrogen) atoms. The minimum atomic E-state index is -2.19. The van der Waals surface area contributed by atoms with Crippen molar-refractivity contribution in [2.45, 2.75) is 5.75 Å². The zero-order valence-corrected chi connectivity index (χ0v) is 7.19. The van der Waals surface area contributed by atoms with Gasteiger partial charge >= 0.3 is 5.82 Å². The van der Waals surface area contributed by atoms with Gasteiger partial charge in [0, 0.05) is 17.4 Å². The summed E-state index contributed by atoms with van der Waals surface area (Å²) in [5.74, 6) is -0.467. The van der Waals surface area contributed by atoms with Crippen molar-refractivity contribution < 1.29 is 13.7 Å². The number of rotatable bonds is 3. The Morgan fingerprint density at radius 2 is 2.23 bits per heavy atom. The summed E-state index contributed by atoms with van der Waals surface area (Å²) in [5.41, 5.74) is 0.430. The average molecular weight is 201 g/mol. The van der Waals surface area contributed by atoms with Gasteiger partial charge in [-0.25, -0.2) is 0 Å². The maximum atomic E-state index is 10.2. The number of aromatic nitrogens is 1. The van der Waals surface area contributed by atoms with Crippen LogP contribution in [0.2, 0.25) is 0 Å². The van der Waals surface area contributed by atoms with E-state index in [-0.39, 0.29) is 11.6 Å².